The molecule has 0 aliphatic rings. The lowest BCUT2D eigenvalue weighted by molar-refractivity contribution is 0.0453. The van der Waals surface area contributed by atoms with E-state index in [-0.39, 0.29) is 37.4 Å². The minimum atomic E-state index is -0.438. The lowest BCUT2D eigenvalue weighted by Gasteiger charge is -2.13. The van der Waals surface area contributed by atoms with E-state index < -0.39 is 5.78 Å². The predicted molar refractivity (Wildman–Crippen MR) is 129 cm³/mol. The molecule has 0 bridgehead atoms. The molecule has 0 radical (unpaired) electrons. The molecule has 0 fully saturated rings. The molecule has 184 valence electrons. The predicted octanol–water partition coefficient (Wildman–Crippen LogP) is 4.75. The van der Waals surface area contributed by atoms with Crippen LogP contribution in [0.2, 0.25) is 0 Å². The second-order valence-corrected chi connectivity index (χ2v) is 7.52. The van der Waals surface area contributed by atoms with E-state index in [1.54, 1.807) is 13.2 Å². The maximum atomic E-state index is 13.0. The molecule has 0 spiro atoms. The first kappa shape index (κ1) is 26.9. The Labute approximate surface area is 200 Å². The normalized spacial score (nSPS) is 10.9. The SMILES string of the molecule is COCOc1cc(O)c(C(=O)/C=C/c2ccc(OCOC)c(CC=C(C)C)c2)c(OCOC)c1. The third kappa shape index (κ3) is 8.22. The summed E-state index contributed by atoms with van der Waals surface area (Å²) in [5.74, 6) is 0.424. The minimum Gasteiger partial charge on any atom is -0.507 e. The number of carbonyl (C=O) groups is 1. The van der Waals surface area contributed by atoms with Crippen molar-refractivity contribution in [2.45, 2.75) is 20.3 Å². The van der Waals surface area contributed by atoms with Gasteiger partial charge >= 0.3 is 0 Å². The van der Waals surface area contributed by atoms with Gasteiger partial charge in [-0.25, -0.2) is 0 Å². The third-order valence-corrected chi connectivity index (χ3v) is 4.55. The minimum absolute atomic E-state index is 0.00267. The van der Waals surface area contributed by atoms with Crippen LogP contribution in [0.15, 0.2) is 48.1 Å². The first-order valence-corrected chi connectivity index (χ1v) is 10.6. The summed E-state index contributed by atoms with van der Waals surface area (Å²) in [4.78, 5) is 13.0. The van der Waals surface area contributed by atoms with Crippen LogP contribution >= 0.6 is 0 Å². The Kier molecular flexibility index (Phi) is 11.1. The Hall–Kier alpha value is -3.33. The summed E-state index contributed by atoms with van der Waals surface area (Å²) in [7, 11) is 4.50. The molecular formula is C26H32O8. The van der Waals surface area contributed by atoms with Gasteiger partial charge in [0.15, 0.2) is 26.2 Å². The Morgan fingerprint density at radius 2 is 1.53 bits per heavy atom. The van der Waals surface area contributed by atoms with Gasteiger partial charge in [0.1, 0.15) is 28.6 Å². The molecule has 0 aliphatic carbocycles. The van der Waals surface area contributed by atoms with Crippen molar-refractivity contribution in [2.24, 2.45) is 0 Å². The average molecular weight is 473 g/mol. The van der Waals surface area contributed by atoms with Crippen LogP contribution in [0.3, 0.4) is 0 Å². The fraction of sp³-hybridized carbons (Fsp3) is 0.346. The van der Waals surface area contributed by atoms with Crippen LogP contribution in [0, 0.1) is 0 Å². The number of aromatic hydroxyl groups is 1. The quantitative estimate of drug-likeness (QED) is 0.182. The largest absolute Gasteiger partial charge is 0.507 e. The topological polar surface area (TPSA) is 92.7 Å². The first-order chi connectivity index (χ1) is 16.4. The molecular weight excluding hydrogens is 440 g/mol. The number of phenolic OH excluding ortho intramolecular Hbond substituents is 1. The smallest absolute Gasteiger partial charge is 0.193 e. The van der Waals surface area contributed by atoms with Crippen molar-refractivity contribution >= 4 is 11.9 Å². The van der Waals surface area contributed by atoms with Gasteiger partial charge in [-0.15, -0.1) is 0 Å². The zero-order valence-corrected chi connectivity index (χ0v) is 20.3. The van der Waals surface area contributed by atoms with E-state index in [0.29, 0.717) is 17.9 Å². The summed E-state index contributed by atoms with van der Waals surface area (Å²) in [6, 6.07) is 8.45. The van der Waals surface area contributed by atoms with Crippen molar-refractivity contribution in [2.75, 3.05) is 41.7 Å². The molecule has 34 heavy (non-hydrogen) atoms. The van der Waals surface area contributed by atoms with E-state index in [9.17, 15) is 9.90 Å². The Morgan fingerprint density at radius 3 is 2.18 bits per heavy atom. The summed E-state index contributed by atoms with van der Waals surface area (Å²) < 4.78 is 31.3. The van der Waals surface area contributed by atoms with Crippen LogP contribution in [0.5, 0.6) is 23.0 Å². The zero-order chi connectivity index (χ0) is 24.9. The van der Waals surface area contributed by atoms with Crippen molar-refractivity contribution < 1.29 is 38.3 Å². The highest BCUT2D eigenvalue weighted by molar-refractivity contribution is 6.10. The summed E-state index contributed by atoms with van der Waals surface area (Å²) in [6.45, 7) is 4.07. The zero-order valence-electron chi connectivity index (χ0n) is 20.3. The van der Waals surface area contributed by atoms with Gasteiger partial charge in [0.2, 0.25) is 0 Å². The highest BCUT2D eigenvalue weighted by Crippen LogP contribution is 2.34. The van der Waals surface area contributed by atoms with Crippen molar-refractivity contribution in [3.63, 3.8) is 0 Å². The molecule has 2 aromatic rings. The molecule has 0 saturated carbocycles. The number of hydrogen-bond donors (Lipinski definition) is 1. The van der Waals surface area contributed by atoms with Crippen LogP contribution in [0.4, 0.5) is 0 Å². The third-order valence-electron chi connectivity index (χ3n) is 4.55. The van der Waals surface area contributed by atoms with E-state index in [1.165, 1.54) is 38.0 Å². The fourth-order valence-corrected chi connectivity index (χ4v) is 2.97. The molecule has 1 N–H and O–H groups in total. The highest BCUT2D eigenvalue weighted by atomic mass is 16.7. The van der Waals surface area contributed by atoms with Gasteiger partial charge in [-0.05, 0) is 49.6 Å². The van der Waals surface area contributed by atoms with E-state index in [0.717, 1.165) is 11.1 Å². The molecule has 2 rings (SSSR count). The summed E-state index contributed by atoms with van der Waals surface area (Å²) in [6.07, 6.45) is 5.82. The molecule has 0 unspecified atom stereocenters. The first-order valence-electron chi connectivity index (χ1n) is 10.6. The average Bonchev–Trinajstić information content (AvgIpc) is 2.82. The van der Waals surface area contributed by atoms with E-state index in [2.05, 4.69) is 6.08 Å². The van der Waals surface area contributed by atoms with Gasteiger partial charge in [0, 0.05) is 33.5 Å². The van der Waals surface area contributed by atoms with Gasteiger partial charge in [0.05, 0.1) is 0 Å². The lowest BCUT2D eigenvalue weighted by Crippen LogP contribution is -2.07. The van der Waals surface area contributed by atoms with Crippen LogP contribution in [0.1, 0.15) is 35.3 Å². The molecule has 0 aromatic heterocycles. The fourth-order valence-electron chi connectivity index (χ4n) is 2.97. The Balaban J connectivity index is 2.33. The summed E-state index contributed by atoms with van der Waals surface area (Å²) >= 11 is 0. The van der Waals surface area contributed by atoms with Crippen LogP contribution in [-0.2, 0) is 20.6 Å². The molecule has 0 atom stereocenters. The number of ketones is 1. The molecule has 8 heteroatoms. The summed E-state index contributed by atoms with van der Waals surface area (Å²) in [5.41, 5.74) is 2.95. The number of ether oxygens (including phenoxy) is 6. The van der Waals surface area contributed by atoms with Crippen molar-refractivity contribution in [1.29, 1.82) is 0 Å². The molecule has 0 saturated heterocycles. The number of carbonyl (C=O) groups excluding carboxylic acids is 1. The number of allylic oxidation sites excluding steroid dienone is 3. The van der Waals surface area contributed by atoms with Crippen LogP contribution in [0.25, 0.3) is 6.08 Å². The second-order valence-electron chi connectivity index (χ2n) is 7.52. The van der Waals surface area contributed by atoms with E-state index >= 15 is 0 Å². The number of hydrogen-bond acceptors (Lipinski definition) is 8. The number of rotatable bonds is 14. The van der Waals surface area contributed by atoms with Gasteiger partial charge in [-0.1, -0.05) is 23.8 Å². The lowest BCUT2D eigenvalue weighted by atomic mass is 10.0. The maximum absolute atomic E-state index is 13.0. The summed E-state index contributed by atoms with van der Waals surface area (Å²) in [5, 5.41) is 10.5. The molecule has 0 aliphatic heterocycles. The monoisotopic (exact) mass is 472 g/mol. The molecule has 8 nitrogen and oxygen atoms in total. The number of methoxy groups -OCH3 is 3. The number of benzene rings is 2. The van der Waals surface area contributed by atoms with Crippen molar-refractivity contribution in [1.82, 2.24) is 0 Å². The van der Waals surface area contributed by atoms with Gasteiger partial charge in [0.25, 0.3) is 0 Å². The van der Waals surface area contributed by atoms with Gasteiger partial charge in [-0.3, -0.25) is 4.79 Å². The van der Waals surface area contributed by atoms with Crippen LogP contribution in [-0.4, -0.2) is 52.6 Å². The molecule has 0 amide bonds. The molecule has 2 aromatic carbocycles. The molecule has 0 heterocycles. The van der Waals surface area contributed by atoms with Gasteiger partial charge < -0.3 is 33.5 Å². The second kappa shape index (κ2) is 14.0. The van der Waals surface area contributed by atoms with Crippen molar-refractivity contribution in [3.8, 4) is 23.0 Å². The van der Waals surface area contributed by atoms with E-state index in [4.69, 9.17) is 28.4 Å². The van der Waals surface area contributed by atoms with E-state index in [1.807, 2.05) is 32.0 Å². The number of phenols is 1. The maximum Gasteiger partial charge on any atom is 0.193 e. The van der Waals surface area contributed by atoms with Crippen molar-refractivity contribution in [3.05, 3.63) is 64.7 Å². The van der Waals surface area contributed by atoms with Gasteiger partial charge in [-0.2, -0.15) is 0 Å². The van der Waals surface area contributed by atoms with Crippen LogP contribution < -0.4 is 14.2 Å². The Morgan fingerprint density at radius 1 is 0.882 bits per heavy atom. The standard InChI is InChI=1S/C26H32O8/c1-18(2)6-9-20-12-19(8-11-24(20)33-16-30-4)7-10-22(27)26-23(28)13-21(32-15-29-3)14-25(26)34-17-31-5/h6-8,10-14,28H,9,15-17H2,1-5H3/b10-7+. The Bertz CT molecular complexity index is 1010. The highest BCUT2D eigenvalue weighted by Gasteiger charge is 2.18.